The van der Waals surface area contributed by atoms with Crippen molar-refractivity contribution in [2.24, 2.45) is 10.7 Å². The van der Waals surface area contributed by atoms with E-state index in [1.807, 2.05) is 12.1 Å². The van der Waals surface area contributed by atoms with Crippen LogP contribution in [0.25, 0.3) is 0 Å². The molecule has 0 saturated heterocycles. The van der Waals surface area contributed by atoms with Crippen molar-refractivity contribution >= 4 is 11.9 Å². The Labute approximate surface area is 157 Å². The third kappa shape index (κ3) is 5.88. The number of hydrogen-bond acceptors (Lipinski definition) is 4. The summed E-state index contributed by atoms with van der Waals surface area (Å²) in [7, 11) is 3.14. The highest BCUT2D eigenvalue weighted by Crippen LogP contribution is 2.27. The number of methoxy groups -OCH3 is 2. The number of carbonyl (C=O) groups excluding carboxylic acids is 1. The van der Waals surface area contributed by atoms with E-state index in [-0.39, 0.29) is 18.1 Å². The number of amides is 1. The minimum atomic E-state index is -0.557. The number of nitrogens with zero attached hydrogens (tertiary/aromatic N) is 1. The zero-order valence-electron chi connectivity index (χ0n) is 15.3. The van der Waals surface area contributed by atoms with Gasteiger partial charge in [0.05, 0.1) is 26.3 Å². The monoisotopic (exact) mass is 374 g/mol. The van der Waals surface area contributed by atoms with Gasteiger partial charge in [0.2, 0.25) is 0 Å². The van der Waals surface area contributed by atoms with Crippen LogP contribution in [0.3, 0.4) is 0 Å². The lowest BCUT2D eigenvalue weighted by Gasteiger charge is -2.09. The van der Waals surface area contributed by atoms with E-state index in [4.69, 9.17) is 15.2 Å². The fraction of sp³-hybridized carbons (Fsp3) is 0.263. The van der Waals surface area contributed by atoms with Crippen LogP contribution in [0.5, 0.6) is 11.5 Å². The molecule has 0 aliphatic rings. The van der Waals surface area contributed by atoms with Gasteiger partial charge in [0.15, 0.2) is 17.5 Å². The number of aliphatic imine (C=N–C) groups is 1. The summed E-state index contributed by atoms with van der Waals surface area (Å²) < 4.78 is 23.9. The Bertz CT molecular complexity index is 811. The molecule has 0 atom stereocenters. The van der Waals surface area contributed by atoms with Gasteiger partial charge in [-0.05, 0) is 29.8 Å². The first-order chi connectivity index (χ1) is 13.0. The fourth-order valence-corrected chi connectivity index (χ4v) is 2.32. The fourth-order valence-electron chi connectivity index (χ4n) is 2.32. The van der Waals surface area contributed by atoms with Gasteiger partial charge in [-0.3, -0.25) is 4.79 Å². The first-order valence-electron chi connectivity index (χ1n) is 8.32. The third-order valence-electron chi connectivity index (χ3n) is 3.72. The van der Waals surface area contributed by atoms with Gasteiger partial charge in [-0.1, -0.05) is 18.2 Å². The van der Waals surface area contributed by atoms with Crippen molar-refractivity contribution in [3.05, 3.63) is 59.4 Å². The Morgan fingerprint density at radius 2 is 1.78 bits per heavy atom. The van der Waals surface area contributed by atoms with Crippen LogP contribution in [0.15, 0.2) is 47.5 Å². The summed E-state index contributed by atoms with van der Waals surface area (Å²) in [5, 5.41) is 5.50. The summed E-state index contributed by atoms with van der Waals surface area (Å²) in [6.45, 7) is 1.00. The molecule has 0 fully saturated rings. The Morgan fingerprint density at radius 1 is 1.07 bits per heavy atom. The van der Waals surface area contributed by atoms with E-state index >= 15 is 0 Å². The van der Waals surface area contributed by atoms with Crippen LogP contribution in [0.2, 0.25) is 0 Å². The molecule has 0 heterocycles. The van der Waals surface area contributed by atoms with Crippen molar-refractivity contribution in [1.29, 1.82) is 0 Å². The molecule has 144 valence electrons. The van der Waals surface area contributed by atoms with E-state index in [0.29, 0.717) is 24.6 Å². The lowest BCUT2D eigenvalue weighted by Crippen LogP contribution is -2.38. The number of hydrogen-bond donors (Lipinski definition) is 3. The molecule has 2 aromatic rings. The molecule has 0 aliphatic heterocycles. The van der Waals surface area contributed by atoms with E-state index < -0.39 is 11.7 Å². The molecule has 1 amide bonds. The van der Waals surface area contributed by atoms with E-state index in [1.54, 1.807) is 26.4 Å². The zero-order chi connectivity index (χ0) is 19.6. The van der Waals surface area contributed by atoms with Gasteiger partial charge < -0.3 is 25.8 Å². The van der Waals surface area contributed by atoms with Gasteiger partial charge in [-0.25, -0.2) is 9.38 Å². The Morgan fingerprint density at radius 3 is 2.48 bits per heavy atom. The van der Waals surface area contributed by atoms with Crippen LogP contribution in [-0.4, -0.2) is 39.2 Å². The minimum Gasteiger partial charge on any atom is -0.493 e. The van der Waals surface area contributed by atoms with Crippen molar-refractivity contribution in [2.75, 3.05) is 27.3 Å². The standard InChI is InChI=1S/C19H23FN4O3/c1-26-16-8-7-13(11-17(16)27-2)12-24-19(21)23-10-9-22-18(25)14-5-3-4-6-15(14)20/h3-8,11H,9-10,12H2,1-2H3,(H,22,25)(H3,21,23,24). The highest BCUT2D eigenvalue weighted by atomic mass is 19.1. The van der Waals surface area contributed by atoms with Crippen molar-refractivity contribution in [1.82, 2.24) is 10.6 Å². The van der Waals surface area contributed by atoms with Crippen LogP contribution in [-0.2, 0) is 6.54 Å². The molecule has 2 aromatic carbocycles. The molecule has 0 spiro atoms. The second-order valence-electron chi connectivity index (χ2n) is 5.55. The molecule has 0 aliphatic carbocycles. The smallest absolute Gasteiger partial charge is 0.254 e. The van der Waals surface area contributed by atoms with Crippen LogP contribution in [0, 0.1) is 5.82 Å². The number of nitrogens with one attached hydrogen (secondary N) is 2. The highest BCUT2D eigenvalue weighted by molar-refractivity contribution is 5.94. The molecule has 8 heteroatoms. The van der Waals surface area contributed by atoms with Crippen LogP contribution < -0.4 is 25.8 Å². The van der Waals surface area contributed by atoms with E-state index in [2.05, 4.69) is 15.6 Å². The van der Waals surface area contributed by atoms with Crippen LogP contribution in [0.4, 0.5) is 4.39 Å². The summed E-state index contributed by atoms with van der Waals surface area (Å²) >= 11 is 0. The number of benzene rings is 2. The molecule has 0 unspecified atom stereocenters. The van der Waals surface area contributed by atoms with Crippen molar-refractivity contribution < 1.29 is 18.7 Å². The molecular weight excluding hydrogens is 351 g/mol. The predicted molar refractivity (Wildman–Crippen MR) is 102 cm³/mol. The number of guanidine groups is 1. The quantitative estimate of drug-likeness (QED) is 0.371. The zero-order valence-corrected chi connectivity index (χ0v) is 15.3. The normalized spacial score (nSPS) is 11.0. The van der Waals surface area contributed by atoms with Crippen LogP contribution >= 0.6 is 0 Å². The Kier molecular flexibility index (Phi) is 7.42. The van der Waals surface area contributed by atoms with Gasteiger partial charge in [0.1, 0.15) is 5.82 Å². The van der Waals surface area contributed by atoms with Crippen molar-refractivity contribution in [2.45, 2.75) is 6.54 Å². The molecule has 7 nitrogen and oxygen atoms in total. The number of ether oxygens (including phenoxy) is 2. The molecule has 0 aromatic heterocycles. The molecular formula is C19H23FN4O3. The maximum Gasteiger partial charge on any atom is 0.254 e. The van der Waals surface area contributed by atoms with Gasteiger partial charge in [-0.15, -0.1) is 0 Å². The second kappa shape index (κ2) is 10.0. The number of nitrogens with two attached hydrogens (primary N) is 1. The number of carbonyl (C=O) groups is 1. The summed E-state index contributed by atoms with van der Waals surface area (Å²) in [4.78, 5) is 16.1. The molecule has 27 heavy (non-hydrogen) atoms. The second-order valence-corrected chi connectivity index (χ2v) is 5.55. The first-order valence-corrected chi connectivity index (χ1v) is 8.32. The SMILES string of the molecule is COc1ccc(CN=C(N)NCCNC(=O)c2ccccc2F)cc1OC. The average Bonchev–Trinajstić information content (AvgIpc) is 2.69. The van der Waals surface area contributed by atoms with E-state index in [0.717, 1.165) is 5.56 Å². The lowest BCUT2D eigenvalue weighted by atomic mass is 10.2. The van der Waals surface area contributed by atoms with Gasteiger partial charge in [0, 0.05) is 13.1 Å². The van der Waals surface area contributed by atoms with Gasteiger partial charge in [0.25, 0.3) is 5.91 Å². The molecule has 0 saturated carbocycles. The van der Waals surface area contributed by atoms with E-state index in [9.17, 15) is 9.18 Å². The Hall–Kier alpha value is -3.29. The summed E-state index contributed by atoms with van der Waals surface area (Å²) in [5.74, 6) is 0.467. The summed E-state index contributed by atoms with van der Waals surface area (Å²) in [6, 6.07) is 11.3. The lowest BCUT2D eigenvalue weighted by molar-refractivity contribution is 0.0950. The maximum absolute atomic E-state index is 13.5. The average molecular weight is 374 g/mol. The Balaban J connectivity index is 1.78. The molecule has 2 rings (SSSR count). The highest BCUT2D eigenvalue weighted by Gasteiger charge is 2.09. The number of rotatable bonds is 8. The predicted octanol–water partition coefficient (Wildman–Crippen LogP) is 1.68. The third-order valence-corrected chi connectivity index (χ3v) is 3.72. The topological polar surface area (TPSA) is 98.0 Å². The molecule has 0 bridgehead atoms. The summed E-state index contributed by atoms with van der Waals surface area (Å²) in [5.41, 5.74) is 6.73. The summed E-state index contributed by atoms with van der Waals surface area (Å²) in [6.07, 6.45) is 0. The van der Waals surface area contributed by atoms with Crippen LogP contribution in [0.1, 0.15) is 15.9 Å². The largest absolute Gasteiger partial charge is 0.493 e. The minimum absolute atomic E-state index is 0.00703. The van der Waals surface area contributed by atoms with Gasteiger partial charge >= 0.3 is 0 Å². The molecule has 4 N–H and O–H groups in total. The number of halogens is 1. The molecule has 0 radical (unpaired) electrons. The first kappa shape index (κ1) is 20.0. The van der Waals surface area contributed by atoms with Crippen molar-refractivity contribution in [3.8, 4) is 11.5 Å². The van der Waals surface area contributed by atoms with Gasteiger partial charge in [-0.2, -0.15) is 0 Å². The maximum atomic E-state index is 13.5. The van der Waals surface area contributed by atoms with Crippen molar-refractivity contribution in [3.63, 3.8) is 0 Å². The van der Waals surface area contributed by atoms with E-state index in [1.165, 1.54) is 18.2 Å².